The maximum atomic E-state index is 3.19. The van der Waals surface area contributed by atoms with Crippen molar-refractivity contribution in [2.45, 2.75) is 25.3 Å². The van der Waals surface area contributed by atoms with Gasteiger partial charge in [0.1, 0.15) is 0 Å². The first-order valence-corrected chi connectivity index (χ1v) is 6.42. The zero-order valence-electron chi connectivity index (χ0n) is 8.88. The van der Waals surface area contributed by atoms with E-state index in [0.717, 1.165) is 12.6 Å². The summed E-state index contributed by atoms with van der Waals surface area (Å²) in [5.41, 5.74) is 0. The Morgan fingerprint density at radius 3 is 2.92 bits per heavy atom. The van der Waals surface area contributed by atoms with Crippen LogP contribution >= 0.6 is 11.8 Å². The van der Waals surface area contributed by atoms with E-state index in [9.17, 15) is 0 Å². The molecule has 1 aliphatic heterocycles. The van der Waals surface area contributed by atoms with Crippen molar-refractivity contribution >= 4 is 11.8 Å². The number of rotatable bonds is 6. The molecule has 0 saturated carbocycles. The number of thioether (sulfide) groups is 1. The maximum absolute atomic E-state index is 3.19. The summed E-state index contributed by atoms with van der Waals surface area (Å²) < 4.78 is 0. The average molecular weight is 202 g/mol. The van der Waals surface area contributed by atoms with E-state index in [0.29, 0.717) is 0 Å². The molecule has 0 bridgehead atoms. The van der Waals surface area contributed by atoms with Crippen molar-refractivity contribution in [3.8, 4) is 0 Å². The van der Waals surface area contributed by atoms with E-state index in [1.54, 1.807) is 0 Å². The summed E-state index contributed by atoms with van der Waals surface area (Å²) in [6, 6.07) is 0.861. The van der Waals surface area contributed by atoms with Gasteiger partial charge in [0.25, 0.3) is 0 Å². The third-order valence-corrected chi connectivity index (χ3v) is 3.86. The van der Waals surface area contributed by atoms with Gasteiger partial charge in [0.15, 0.2) is 0 Å². The van der Waals surface area contributed by atoms with E-state index >= 15 is 0 Å². The highest BCUT2D eigenvalue weighted by Gasteiger charge is 2.18. The van der Waals surface area contributed by atoms with Gasteiger partial charge in [-0.1, -0.05) is 0 Å². The van der Waals surface area contributed by atoms with E-state index in [2.05, 4.69) is 29.0 Å². The Kier molecular flexibility index (Phi) is 5.83. The van der Waals surface area contributed by atoms with Gasteiger partial charge in [0, 0.05) is 11.8 Å². The monoisotopic (exact) mass is 202 g/mol. The Labute approximate surface area is 86.5 Å². The minimum Gasteiger partial charge on any atom is -0.320 e. The van der Waals surface area contributed by atoms with Crippen LogP contribution in [-0.4, -0.2) is 49.6 Å². The molecule has 1 N–H and O–H groups in total. The van der Waals surface area contributed by atoms with Gasteiger partial charge in [-0.15, -0.1) is 0 Å². The second kappa shape index (κ2) is 6.68. The van der Waals surface area contributed by atoms with Crippen LogP contribution < -0.4 is 5.32 Å². The van der Waals surface area contributed by atoms with E-state index in [1.807, 2.05) is 7.05 Å². The van der Waals surface area contributed by atoms with E-state index in [-0.39, 0.29) is 0 Å². The summed E-state index contributed by atoms with van der Waals surface area (Å²) in [6.07, 6.45) is 4.03. The minimum atomic E-state index is 0.861. The molecular weight excluding hydrogens is 180 g/mol. The highest BCUT2D eigenvalue weighted by Crippen LogP contribution is 2.21. The van der Waals surface area contributed by atoms with Crippen LogP contribution in [0.25, 0.3) is 0 Å². The highest BCUT2D eigenvalue weighted by molar-refractivity contribution is 7.99. The third kappa shape index (κ3) is 4.34. The minimum absolute atomic E-state index is 0.861. The smallest absolute Gasteiger partial charge is 0.0191 e. The van der Waals surface area contributed by atoms with Crippen LogP contribution in [0, 0.1) is 0 Å². The molecule has 1 atom stereocenters. The molecule has 0 spiro atoms. The first-order valence-electron chi connectivity index (χ1n) is 5.27. The molecule has 1 saturated heterocycles. The van der Waals surface area contributed by atoms with Crippen molar-refractivity contribution < 1.29 is 0 Å². The lowest BCUT2D eigenvalue weighted by molar-refractivity contribution is 0.257. The molecule has 0 radical (unpaired) electrons. The lowest BCUT2D eigenvalue weighted by Crippen LogP contribution is -2.32. The SMILES string of the molecule is CNCCCCN(C)C1CCSC1. The van der Waals surface area contributed by atoms with Gasteiger partial charge in [0.2, 0.25) is 0 Å². The summed E-state index contributed by atoms with van der Waals surface area (Å²) in [5, 5.41) is 3.19. The van der Waals surface area contributed by atoms with Crippen LogP contribution in [0.5, 0.6) is 0 Å². The van der Waals surface area contributed by atoms with Crippen LogP contribution in [0.1, 0.15) is 19.3 Å². The molecule has 0 aromatic carbocycles. The first-order chi connectivity index (χ1) is 6.34. The molecular formula is C10H22N2S. The third-order valence-electron chi connectivity index (χ3n) is 2.72. The van der Waals surface area contributed by atoms with E-state index < -0.39 is 0 Å². The highest BCUT2D eigenvalue weighted by atomic mass is 32.2. The second-order valence-corrected chi connectivity index (χ2v) is 4.96. The fourth-order valence-corrected chi connectivity index (χ4v) is 3.01. The van der Waals surface area contributed by atoms with Crippen LogP contribution in [0.15, 0.2) is 0 Å². The zero-order chi connectivity index (χ0) is 9.52. The molecule has 0 amide bonds. The number of hydrogen-bond donors (Lipinski definition) is 1. The fourth-order valence-electron chi connectivity index (χ4n) is 1.72. The quantitative estimate of drug-likeness (QED) is 0.656. The molecule has 1 rings (SSSR count). The molecule has 1 fully saturated rings. The van der Waals surface area contributed by atoms with Crippen molar-refractivity contribution in [3.05, 3.63) is 0 Å². The first kappa shape index (κ1) is 11.3. The lowest BCUT2D eigenvalue weighted by atomic mass is 10.2. The maximum Gasteiger partial charge on any atom is 0.0191 e. The van der Waals surface area contributed by atoms with Crippen LogP contribution in [0.2, 0.25) is 0 Å². The molecule has 13 heavy (non-hydrogen) atoms. The number of nitrogens with one attached hydrogen (secondary N) is 1. The Morgan fingerprint density at radius 1 is 1.46 bits per heavy atom. The summed E-state index contributed by atoms with van der Waals surface area (Å²) in [6.45, 7) is 2.43. The number of hydrogen-bond acceptors (Lipinski definition) is 3. The Morgan fingerprint density at radius 2 is 2.31 bits per heavy atom. The molecule has 1 unspecified atom stereocenters. The van der Waals surface area contributed by atoms with Gasteiger partial charge in [0.05, 0.1) is 0 Å². The summed E-state index contributed by atoms with van der Waals surface area (Å²) in [4.78, 5) is 2.54. The Balaban J connectivity index is 1.99. The van der Waals surface area contributed by atoms with Gasteiger partial charge in [-0.3, -0.25) is 0 Å². The summed E-state index contributed by atoms with van der Waals surface area (Å²) in [5.74, 6) is 2.72. The lowest BCUT2D eigenvalue weighted by Gasteiger charge is -2.23. The standard InChI is InChI=1S/C10H22N2S/c1-11-6-3-4-7-12(2)10-5-8-13-9-10/h10-11H,3-9H2,1-2H3. The normalized spacial score (nSPS) is 22.8. The van der Waals surface area contributed by atoms with Gasteiger partial charge >= 0.3 is 0 Å². The fraction of sp³-hybridized carbons (Fsp3) is 1.00. The predicted molar refractivity (Wildman–Crippen MR) is 61.5 cm³/mol. The van der Waals surface area contributed by atoms with Crippen molar-refractivity contribution in [1.29, 1.82) is 0 Å². The van der Waals surface area contributed by atoms with Crippen molar-refractivity contribution in [1.82, 2.24) is 10.2 Å². The molecule has 2 nitrogen and oxygen atoms in total. The predicted octanol–water partition coefficient (Wildman–Crippen LogP) is 1.42. The van der Waals surface area contributed by atoms with Crippen molar-refractivity contribution in [3.63, 3.8) is 0 Å². The van der Waals surface area contributed by atoms with E-state index in [4.69, 9.17) is 0 Å². The van der Waals surface area contributed by atoms with Gasteiger partial charge in [-0.05, 0) is 52.2 Å². The molecule has 0 aromatic heterocycles. The largest absolute Gasteiger partial charge is 0.320 e. The number of unbranched alkanes of at least 4 members (excludes halogenated alkanes) is 1. The molecule has 1 heterocycles. The molecule has 1 aliphatic rings. The number of nitrogens with zero attached hydrogens (tertiary/aromatic N) is 1. The Bertz CT molecular complexity index is 124. The topological polar surface area (TPSA) is 15.3 Å². The van der Waals surface area contributed by atoms with Crippen LogP contribution in [0.4, 0.5) is 0 Å². The molecule has 0 aliphatic carbocycles. The van der Waals surface area contributed by atoms with Crippen molar-refractivity contribution in [2.75, 3.05) is 38.7 Å². The van der Waals surface area contributed by atoms with Crippen LogP contribution in [-0.2, 0) is 0 Å². The Hall–Kier alpha value is 0.270. The molecule has 3 heteroatoms. The second-order valence-electron chi connectivity index (χ2n) is 3.81. The molecule has 78 valence electrons. The van der Waals surface area contributed by atoms with Crippen molar-refractivity contribution in [2.24, 2.45) is 0 Å². The van der Waals surface area contributed by atoms with Gasteiger partial charge < -0.3 is 10.2 Å². The summed E-state index contributed by atoms with van der Waals surface area (Å²) in [7, 11) is 4.30. The van der Waals surface area contributed by atoms with Crippen LogP contribution in [0.3, 0.4) is 0 Å². The average Bonchev–Trinajstić information content (AvgIpc) is 2.65. The molecule has 0 aromatic rings. The van der Waals surface area contributed by atoms with E-state index in [1.165, 1.54) is 37.3 Å². The zero-order valence-corrected chi connectivity index (χ0v) is 9.70. The van der Waals surface area contributed by atoms with Gasteiger partial charge in [-0.2, -0.15) is 11.8 Å². The summed E-state index contributed by atoms with van der Waals surface area (Å²) >= 11 is 2.10. The van der Waals surface area contributed by atoms with Gasteiger partial charge in [-0.25, -0.2) is 0 Å².